The summed E-state index contributed by atoms with van der Waals surface area (Å²) < 4.78 is 13.3. The summed E-state index contributed by atoms with van der Waals surface area (Å²) in [5, 5.41) is 2.71. The Morgan fingerprint density at radius 2 is 2.18 bits per heavy atom. The van der Waals surface area contributed by atoms with Crippen LogP contribution in [0.25, 0.3) is 0 Å². The van der Waals surface area contributed by atoms with E-state index in [0.717, 1.165) is 6.20 Å². The molecule has 0 radical (unpaired) electrons. The van der Waals surface area contributed by atoms with Gasteiger partial charge in [0.1, 0.15) is 0 Å². The summed E-state index contributed by atoms with van der Waals surface area (Å²) in [6, 6.07) is 1.37. The number of halogens is 1. The van der Waals surface area contributed by atoms with E-state index in [9.17, 15) is 9.18 Å². The molecule has 17 heavy (non-hydrogen) atoms. The molecule has 0 spiro atoms. The highest BCUT2D eigenvalue weighted by molar-refractivity contribution is 5.94. The Morgan fingerprint density at radius 1 is 1.53 bits per heavy atom. The predicted molar refractivity (Wildman–Crippen MR) is 64.3 cm³/mol. The molecule has 0 aromatic carbocycles. The first-order valence-electron chi connectivity index (χ1n) is 5.40. The molecule has 1 amide bonds. The Kier molecular flexibility index (Phi) is 4.17. The molecule has 0 fully saturated rings. The number of likely N-dealkylation sites (N-methyl/N-ethyl adjacent to an activating group) is 1. The first-order valence-corrected chi connectivity index (χ1v) is 5.40. The van der Waals surface area contributed by atoms with Gasteiger partial charge < -0.3 is 10.2 Å². The van der Waals surface area contributed by atoms with Crippen molar-refractivity contribution in [3.63, 3.8) is 0 Å². The Hall–Kier alpha value is -1.49. The molecule has 5 heteroatoms. The average Bonchev–Trinajstić information content (AvgIpc) is 2.26. The van der Waals surface area contributed by atoms with E-state index < -0.39 is 11.7 Å². The van der Waals surface area contributed by atoms with E-state index in [4.69, 9.17) is 0 Å². The zero-order chi connectivity index (χ0) is 13.1. The van der Waals surface area contributed by atoms with Crippen LogP contribution < -0.4 is 5.32 Å². The molecule has 0 saturated carbocycles. The van der Waals surface area contributed by atoms with Gasteiger partial charge in [-0.15, -0.1) is 0 Å². The van der Waals surface area contributed by atoms with Crippen LogP contribution in [0.5, 0.6) is 0 Å². The molecule has 1 aromatic heterocycles. The highest BCUT2D eigenvalue weighted by Crippen LogP contribution is 2.09. The first-order chi connectivity index (χ1) is 7.84. The third kappa shape index (κ3) is 3.49. The Bertz CT molecular complexity index is 404. The molecule has 0 aliphatic carbocycles. The minimum absolute atomic E-state index is 0.0227. The summed E-state index contributed by atoms with van der Waals surface area (Å²) in [5.41, 5.74) is -0.159. The summed E-state index contributed by atoms with van der Waals surface area (Å²) in [4.78, 5) is 17.3. The predicted octanol–water partition coefficient (Wildman–Crippen LogP) is 1.29. The van der Waals surface area contributed by atoms with Crippen LogP contribution in [-0.4, -0.2) is 42.0 Å². The topological polar surface area (TPSA) is 45.2 Å². The van der Waals surface area contributed by atoms with Crippen LogP contribution >= 0.6 is 0 Å². The van der Waals surface area contributed by atoms with Gasteiger partial charge in [0, 0.05) is 18.3 Å². The second-order valence-electron chi connectivity index (χ2n) is 4.75. The van der Waals surface area contributed by atoms with Gasteiger partial charge in [-0.25, -0.2) is 4.39 Å². The van der Waals surface area contributed by atoms with E-state index >= 15 is 0 Å². The van der Waals surface area contributed by atoms with Crippen LogP contribution in [0, 0.1) is 5.82 Å². The number of carbonyl (C=O) groups excluding carboxylic acids is 1. The number of rotatable bonds is 4. The van der Waals surface area contributed by atoms with Gasteiger partial charge in [0.05, 0.1) is 11.8 Å². The van der Waals surface area contributed by atoms with Crippen molar-refractivity contribution in [2.45, 2.75) is 19.4 Å². The Labute approximate surface area is 101 Å². The van der Waals surface area contributed by atoms with E-state index in [2.05, 4.69) is 10.3 Å². The third-order valence-corrected chi connectivity index (χ3v) is 2.91. The number of amides is 1. The smallest absolute Gasteiger partial charge is 0.254 e. The lowest BCUT2D eigenvalue weighted by Gasteiger charge is -2.32. The zero-order valence-corrected chi connectivity index (χ0v) is 10.6. The highest BCUT2D eigenvalue weighted by atomic mass is 19.1. The van der Waals surface area contributed by atoms with E-state index in [1.807, 2.05) is 32.8 Å². The molecule has 0 aliphatic rings. The second-order valence-corrected chi connectivity index (χ2v) is 4.75. The largest absolute Gasteiger partial charge is 0.350 e. The lowest BCUT2D eigenvalue weighted by atomic mass is 10.0. The van der Waals surface area contributed by atoms with Gasteiger partial charge in [-0.1, -0.05) is 0 Å². The lowest BCUT2D eigenvalue weighted by Crippen LogP contribution is -2.48. The number of pyridine rings is 1. The standard InChI is InChI=1S/C12H18FN3O/c1-12(2,16(3)4)8-15-11(17)9-5-6-14-7-10(9)13/h5-7H,8H2,1-4H3,(H,15,17). The van der Waals surface area contributed by atoms with Crippen LogP contribution in [0.4, 0.5) is 4.39 Å². The van der Waals surface area contributed by atoms with Crippen molar-refractivity contribution in [1.82, 2.24) is 15.2 Å². The van der Waals surface area contributed by atoms with Gasteiger partial charge in [-0.2, -0.15) is 0 Å². The summed E-state index contributed by atoms with van der Waals surface area (Å²) >= 11 is 0. The molecular weight excluding hydrogens is 221 g/mol. The quantitative estimate of drug-likeness (QED) is 0.861. The van der Waals surface area contributed by atoms with Crippen molar-refractivity contribution in [2.24, 2.45) is 0 Å². The fourth-order valence-corrected chi connectivity index (χ4v) is 1.11. The molecule has 0 saturated heterocycles. The number of nitrogens with one attached hydrogen (secondary N) is 1. The lowest BCUT2D eigenvalue weighted by molar-refractivity contribution is 0.0915. The van der Waals surface area contributed by atoms with E-state index in [-0.39, 0.29) is 11.1 Å². The van der Waals surface area contributed by atoms with Crippen LogP contribution in [0.3, 0.4) is 0 Å². The summed E-state index contributed by atoms with van der Waals surface area (Å²) in [6.07, 6.45) is 2.43. The van der Waals surface area contributed by atoms with Gasteiger partial charge in [0.25, 0.3) is 5.91 Å². The van der Waals surface area contributed by atoms with Gasteiger partial charge in [0.2, 0.25) is 0 Å². The average molecular weight is 239 g/mol. The first kappa shape index (κ1) is 13.6. The van der Waals surface area contributed by atoms with Gasteiger partial charge >= 0.3 is 0 Å². The molecule has 1 heterocycles. The SMILES string of the molecule is CN(C)C(C)(C)CNC(=O)c1ccncc1F. The Balaban J connectivity index is 2.66. The fraction of sp³-hybridized carbons (Fsp3) is 0.500. The number of hydrogen-bond donors (Lipinski definition) is 1. The van der Waals surface area contributed by atoms with Crippen LogP contribution in [-0.2, 0) is 0 Å². The van der Waals surface area contributed by atoms with Crippen LogP contribution in [0.1, 0.15) is 24.2 Å². The zero-order valence-electron chi connectivity index (χ0n) is 10.6. The summed E-state index contributed by atoms with van der Waals surface area (Å²) in [6.45, 7) is 4.44. The van der Waals surface area contributed by atoms with Crippen molar-refractivity contribution < 1.29 is 9.18 Å². The molecule has 4 nitrogen and oxygen atoms in total. The van der Waals surface area contributed by atoms with E-state index in [1.54, 1.807) is 0 Å². The highest BCUT2D eigenvalue weighted by Gasteiger charge is 2.22. The number of nitrogens with zero attached hydrogens (tertiary/aromatic N) is 2. The molecule has 1 N–H and O–H groups in total. The van der Waals surface area contributed by atoms with Crippen molar-refractivity contribution >= 4 is 5.91 Å². The molecule has 0 aliphatic heterocycles. The molecule has 1 aromatic rings. The summed E-state index contributed by atoms with van der Waals surface area (Å²) in [5.74, 6) is -1.02. The molecule has 0 unspecified atom stereocenters. The van der Waals surface area contributed by atoms with Gasteiger partial charge in [0.15, 0.2) is 5.82 Å². The van der Waals surface area contributed by atoms with Crippen LogP contribution in [0.15, 0.2) is 18.5 Å². The Morgan fingerprint density at radius 3 is 2.71 bits per heavy atom. The minimum atomic E-state index is -0.604. The summed E-state index contributed by atoms with van der Waals surface area (Å²) in [7, 11) is 3.86. The van der Waals surface area contributed by atoms with Crippen molar-refractivity contribution in [3.8, 4) is 0 Å². The van der Waals surface area contributed by atoms with Crippen molar-refractivity contribution in [2.75, 3.05) is 20.6 Å². The van der Waals surface area contributed by atoms with Crippen molar-refractivity contribution in [1.29, 1.82) is 0 Å². The van der Waals surface area contributed by atoms with Crippen molar-refractivity contribution in [3.05, 3.63) is 29.8 Å². The van der Waals surface area contributed by atoms with Gasteiger partial charge in [-0.3, -0.25) is 9.78 Å². The van der Waals surface area contributed by atoms with Gasteiger partial charge in [-0.05, 0) is 34.0 Å². The third-order valence-electron chi connectivity index (χ3n) is 2.91. The maximum absolute atomic E-state index is 13.3. The molecule has 94 valence electrons. The normalized spacial score (nSPS) is 11.6. The molecule has 0 atom stereocenters. The monoisotopic (exact) mass is 239 g/mol. The maximum Gasteiger partial charge on any atom is 0.254 e. The molecular formula is C12H18FN3O. The maximum atomic E-state index is 13.3. The van der Waals surface area contributed by atoms with Crippen LogP contribution in [0.2, 0.25) is 0 Å². The number of aromatic nitrogens is 1. The number of hydrogen-bond acceptors (Lipinski definition) is 3. The minimum Gasteiger partial charge on any atom is -0.350 e. The number of carbonyl (C=O) groups is 1. The van der Waals surface area contributed by atoms with E-state index in [0.29, 0.717) is 6.54 Å². The second kappa shape index (κ2) is 5.23. The fourth-order valence-electron chi connectivity index (χ4n) is 1.11. The molecule has 1 rings (SSSR count). The molecule has 0 bridgehead atoms. The van der Waals surface area contributed by atoms with E-state index in [1.165, 1.54) is 12.3 Å².